The first kappa shape index (κ1) is 15.3. The molecule has 0 spiro atoms. The number of piperidine rings is 1. The molecule has 0 N–H and O–H groups in total. The molecule has 2 amide bonds. The van der Waals surface area contributed by atoms with E-state index in [1.165, 1.54) is 0 Å². The Morgan fingerprint density at radius 2 is 1.86 bits per heavy atom. The summed E-state index contributed by atoms with van der Waals surface area (Å²) >= 11 is 0. The maximum atomic E-state index is 12.6. The van der Waals surface area contributed by atoms with Gasteiger partial charge in [0.05, 0.1) is 0 Å². The van der Waals surface area contributed by atoms with Gasteiger partial charge in [0.1, 0.15) is 6.04 Å². The minimum Gasteiger partial charge on any atom is -0.410 e. The predicted octanol–water partition coefficient (Wildman–Crippen LogP) is 1.22. The highest BCUT2D eigenvalue weighted by atomic mass is 32.2. The van der Waals surface area contributed by atoms with Crippen molar-refractivity contribution in [1.82, 2.24) is 20.0 Å². The topological polar surface area (TPSA) is 96.6 Å². The number of likely N-dealkylation sites (tertiary alicyclic amines) is 2. The molecular formula is C13H20N4O4S. The van der Waals surface area contributed by atoms with Crippen LogP contribution in [0.3, 0.4) is 0 Å². The Morgan fingerprint density at radius 3 is 2.50 bits per heavy atom. The molecule has 0 unspecified atom stereocenters. The van der Waals surface area contributed by atoms with E-state index in [1.807, 2.05) is 4.90 Å². The standard InChI is InChI=1S/C13H20N4O4S/c1-22(19,20)12-15-14-11(21-12)10-6-5-9-17(10)13(18)16-7-3-2-4-8-16/h10H,2-9H2,1H3/t10-/m0/s1. The molecule has 2 fully saturated rings. The van der Waals surface area contributed by atoms with Crippen LogP contribution in [-0.2, 0) is 9.84 Å². The molecule has 3 rings (SSSR count). The highest BCUT2D eigenvalue weighted by molar-refractivity contribution is 7.90. The van der Waals surface area contributed by atoms with Gasteiger partial charge in [-0.15, -0.1) is 5.10 Å². The van der Waals surface area contributed by atoms with Gasteiger partial charge in [0.15, 0.2) is 0 Å². The van der Waals surface area contributed by atoms with E-state index in [-0.39, 0.29) is 23.2 Å². The van der Waals surface area contributed by atoms with Crippen molar-refractivity contribution in [3.05, 3.63) is 5.89 Å². The zero-order valence-electron chi connectivity index (χ0n) is 12.6. The maximum absolute atomic E-state index is 12.6. The lowest BCUT2D eigenvalue weighted by Crippen LogP contribution is -2.45. The van der Waals surface area contributed by atoms with Gasteiger partial charge in [-0.25, -0.2) is 13.2 Å². The fourth-order valence-corrected chi connectivity index (χ4v) is 3.45. The second kappa shape index (κ2) is 5.86. The number of nitrogens with zero attached hydrogens (tertiary/aromatic N) is 4. The highest BCUT2D eigenvalue weighted by Crippen LogP contribution is 2.32. The molecule has 0 saturated carbocycles. The van der Waals surface area contributed by atoms with Gasteiger partial charge in [0.2, 0.25) is 15.7 Å². The van der Waals surface area contributed by atoms with Crippen LogP contribution >= 0.6 is 0 Å². The van der Waals surface area contributed by atoms with Crippen LogP contribution in [-0.4, -0.2) is 60.3 Å². The van der Waals surface area contributed by atoms with Crippen LogP contribution in [0.5, 0.6) is 0 Å². The summed E-state index contributed by atoms with van der Waals surface area (Å²) in [5.41, 5.74) is 0. The van der Waals surface area contributed by atoms with E-state index < -0.39 is 9.84 Å². The van der Waals surface area contributed by atoms with Gasteiger partial charge in [-0.1, -0.05) is 5.10 Å². The first-order valence-electron chi connectivity index (χ1n) is 7.56. The number of hydrogen-bond acceptors (Lipinski definition) is 6. The van der Waals surface area contributed by atoms with Crippen LogP contribution in [0.25, 0.3) is 0 Å². The van der Waals surface area contributed by atoms with Crippen molar-refractivity contribution in [2.24, 2.45) is 0 Å². The van der Waals surface area contributed by atoms with Crippen LogP contribution in [0, 0.1) is 0 Å². The zero-order valence-corrected chi connectivity index (χ0v) is 13.4. The average Bonchev–Trinajstić information content (AvgIpc) is 3.15. The summed E-state index contributed by atoms with van der Waals surface area (Å²) in [6.07, 6.45) is 5.81. The predicted molar refractivity (Wildman–Crippen MR) is 76.9 cm³/mol. The monoisotopic (exact) mass is 328 g/mol. The van der Waals surface area contributed by atoms with Crippen molar-refractivity contribution in [2.45, 2.75) is 43.4 Å². The summed E-state index contributed by atoms with van der Waals surface area (Å²) in [6, 6.07) is -0.335. The van der Waals surface area contributed by atoms with Gasteiger partial charge in [-0.2, -0.15) is 0 Å². The molecule has 9 heteroatoms. The van der Waals surface area contributed by atoms with Gasteiger partial charge in [0.25, 0.3) is 0 Å². The molecule has 8 nitrogen and oxygen atoms in total. The van der Waals surface area contributed by atoms with E-state index in [9.17, 15) is 13.2 Å². The number of sulfone groups is 1. The summed E-state index contributed by atoms with van der Waals surface area (Å²) < 4.78 is 28.2. The fraction of sp³-hybridized carbons (Fsp3) is 0.769. The second-order valence-corrected chi connectivity index (χ2v) is 7.75. The molecule has 0 aromatic carbocycles. The lowest BCUT2D eigenvalue weighted by molar-refractivity contribution is 0.132. The van der Waals surface area contributed by atoms with Gasteiger partial charge in [-0.05, 0) is 32.1 Å². The molecule has 2 saturated heterocycles. The Labute approximate surface area is 129 Å². The first-order chi connectivity index (χ1) is 10.5. The molecule has 2 aliphatic heterocycles. The van der Waals surface area contributed by atoms with Crippen LogP contribution in [0.4, 0.5) is 4.79 Å². The van der Waals surface area contributed by atoms with E-state index in [0.717, 1.165) is 45.0 Å². The number of aromatic nitrogens is 2. The Kier molecular flexibility index (Phi) is 4.07. The molecular weight excluding hydrogens is 308 g/mol. The molecule has 0 radical (unpaired) electrons. The maximum Gasteiger partial charge on any atom is 0.335 e. The number of rotatable bonds is 2. The Bertz CT molecular complexity index is 651. The minimum atomic E-state index is -3.52. The van der Waals surface area contributed by atoms with Crippen molar-refractivity contribution < 1.29 is 17.6 Å². The molecule has 1 aromatic rings. The van der Waals surface area contributed by atoms with Crippen molar-refractivity contribution in [1.29, 1.82) is 0 Å². The van der Waals surface area contributed by atoms with Crippen LogP contribution < -0.4 is 0 Å². The van der Waals surface area contributed by atoms with E-state index in [4.69, 9.17) is 4.42 Å². The third kappa shape index (κ3) is 2.94. The molecule has 2 aliphatic rings. The quantitative estimate of drug-likeness (QED) is 0.809. The summed E-state index contributed by atoms with van der Waals surface area (Å²) in [5, 5.41) is 7.03. The fourth-order valence-electron chi connectivity index (χ4n) is 3.02. The van der Waals surface area contributed by atoms with Gasteiger partial charge >= 0.3 is 11.3 Å². The van der Waals surface area contributed by atoms with Crippen molar-refractivity contribution in [3.63, 3.8) is 0 Å². The minimum absolute atomic E-state index is 0.0127. The second-order valence-electron chi connectivity index (χ2n) is 5.86. The van der Waals surface area contributed by atoms with Gasteiger partial charge < -0.3 is 14.2 Å². The molecule has 122 valence electrons. The smallest absolute Gasteiger partial charge is 0.335 e. The Morgan fingerprint density at radius 1 is 1.14 bits per heavy atom. The van der Waals surface area contributed by atoms with Crippen molar-refractivity contribution >= 4 is 15.9 Å². The first-order valence-corrected chi connectivity index (χ1v) is 9.45. The van der Waals surface area contributed by atoms with Crippen LogP contribution in [0.15, 0.2) is 9.64 Å². The normalized spacial score (nSPS) is 23.0. The van der Waals surface area contributed by atoms with Crippen LogP contribution in [0.2, 0.25) is 0 Å². The van der Waals surface area contributed by atoms with Crippen molar-refractivity contribution in [3.8, 4) is 0 Å². The average molecular weight is 328 g/mol. The summed E-state index contributed by atoms with van der Waals surface area (Å²) in [6.45, 7) is 2.19. The Hall–Kier alpha value is -1.64. The molecule has 1 aromatic heterocycles. The zero-order chi connectivity index (χ0) is 15.7. The lowest BCUT2D eigenvalue weighted by atomic mass is 10.1. The number of carbonyl (C=O) groups excluding carboxylic acids is 1. The van der Waals surface area contributed by atoms with E-state index in [0.29, 0.717) is 13.0 Å². The van der Waals surface area contributed by atoms with Gasteiger partial charge in [0, 0.05) is 25.9 Å². The summed E-state index contributed by atoms with van der Waals surface area (Å²) in [5.74, 6) is 0.211. The number of carbonyl (C=O) groups is 1. The SMILES string of the molecule is CS(=O)(=O)c1nnc([C@@H]2CCCN2C(=O)N2CCCCC2)o1. The molecule has 0 bridgehead atoms. The van der Waals surface area contributed by atoms with E-state index >= 15 is 0 Å². The number of hydrogen-bond donors (Lipinski definition) is 0. The summed E-state index contributed by atoms with van der Waals surface area (Å²) in [4.78, 5) is 16.2. The van der Waals surface area contributed by atoms with E-state index in [2.05, 4.69) is 10.2 Å². The number of amides is 2. The Balaban J connectivity index is 1.78. The van der Waals surface area contributed by atoms with Gasteiger partial charge in [-0.3, -0.25) is 0 Å². The molecule has 3 heterocycles. The largest absolute Gasteiger partial charge is 0.410 e. The van der Waals surface area contributed by atoms with E-state index in [1.54, 1.807) is 4.90 Å². The molecule has 22 heavy (non-hydrogen) atoms. The lowest BCUT2D eigenvalue weighted by Gasteiger charge is -2.32. The third-order valence-corrected chi connectivity index (χ3v) is 4.95. The molecule has 1 atom stereocenters. The van der Waals surface area contributed by atoms with Crippen LogP contribution in [0.1, 0.15) is 44.0 Å². The third-order valence-electron chi connectivity index (χ3n) is 4.15. The number of urea groups is 1. The summed E-state index contributed by atoms with van der Waals surface area (Å²) in [7, 11) is -3.52. The van der Waals surface area contributed by atoms with Crippen molar-refractivity contribution in [2.75, 3.05) is 25.9 Å². The highest BCUT2D eigenvalue weighted by Gasteiger charge is 2.36. The molecule has 0 aliphatic carbocycles.